The van der Waals surface area contributed by atoms with E-state index in [1.165, 1.54) is 167 Å². The Bertz CT molecular complexity index is 8180. The monoisotopic (exact) mass is 1470 g/mol. The predicted molar refractivity (Wildman–Crippen MR) is 481 cm³/mol. The highest BCUT2D eigenvalue weighted by molar-refractivity contribution is 7.26. The van der Waals surface area contributed by atoms with E-state index >= 15 is 0 Å². The van der Waals surface area contributed by atoms with Crippen LogP contribution in [0.3, 0.4) is 0 Å². The SMILES string of the molecule is c1ccc(-c2cccc(-n3c4cc5oc6ccc7ccccc7c6c5cc4c4c5ccc(-c6ccccc6)cc5ccc43)c2)cc1.c1ccc(-n2c3cc4oc5ccc6ccccc6c5c4cc3c3c4ccccc4ccc32)nc1.c1ccc(-n2c3cc4sc5ccc6ccccc6c5c4cc3c3c4ccccc4ccc32)nc1. The quantitative estimate of drug-likeness (QED) is 0.172. The van der Waals surface area contributed by atoms with E-state index < -0.39 is 0 Å². The molecule has 0 N–H and O–H groups in total. The molecule has 26 aromatic rings. The highest BCUT2D eigenvalue weighted by Gasteiger charge is 2.24. The van der Waals surface area contributed by atoms with Crippen molar-refractivity contribution in [2.45, 2.75) is 0 Å². The van der Waals surface area contributed by atoms with Crippen LogP contribution in [0.1, 0.15) is 0 Å². The van der Waals surface area contributed by atoms with Crippen molar-refractivity contribution < 1.29 is 8.83 Å². The number of hydrogen-bond donors (Lipinski definition) is 0. The van der Waals surface area contributed by atoms with Crippen LogP contribution >= 0.6 is 11.3 Å². The zero-order chi connectivity index (χ0) is 74.6. The summed E-state index contributed by atoms with van der Waals surface area (Å²) in [7, 11) is 0. The first-order valence-electron chi connectivity index (χ1n) is 38.7. The van der Waals surface area contributed by atoms with Gasteiger partial charge in [-0.25, -0.2) is 9.97 Å². The van der Waals surface area contributed by atoms with Gasteiger partial charge in [0.2, 0.25) is 0 Å². The predicted octanol–water partition coefficient (Wildman–Crippen LogP) is 29.6. The van der Waals surface area contributed by atoms with Crippen molar-refractivity contribution in [1.29, 1.82) is 0 Å². The number of thiophene rings is 1. The fourth-order valence-electron chi connectivity index (χ4n) is 18.5. The number of pyridine rings is 2. The van der Waals surface area contributed by atoms with E-state index in [2.05, 4.69) is 366 Å². The maximum atomic E-state index is 6.59. The highest BCUT2D eigenvalue weighted by Crippen LogP contribution is 2.48. The van der Waals surface area contributed by atoms with Crippen LogP contribution in [0.5, 0.6) is 0 Å². The van der Waals surface area contributed by atoms with Crippen molar-refractivity contribution in [3.05, 3.63) is 382 Å². The molecule has 114 heavy (non-hydrogen) atoms. The van der Waals surface area contributed by atoms with E-state index in [0.717, 1.165) is 67.0 Å². The standard InChI is InChI=1S/C44H27NO.C31H18N2O.C31H18N2S/c1-3-10-28(11-4-1)31-15-9-16-34(25-31)45-39-22-19-33-24-32(29-12-5-2-6-13-29)18-21-36(33)43(39)37-26-38-42(27-40(37)45)46-41-23-20-30-14-7-8-17-35(30)44(38)41;2*1-3-9-21-19(7-1)12-14-25-30(21)23-17-24-28(18-26(23)33(25)29-11-5-6-16-32-29)34-27-15-13-20-8-2-4-10-22(20)31(24)27/h1-27H;2*1-18H. The van der Waals surface area contributed by atoms with Crippen LogP contribution in [0, 0.1) is 0 Å². The Labute approximate surface area is 655 Å². The average molecular weight is 1470 g/mol. The third kappa shape index (κ3) is 9.88. The van der Waals surface area contributed by atoms with Crippen LogP contribution in [0.25, 0.3) is 234 Å². The van der Waals surface area contributed by atoms with Crippen LogP contribution in [0.2, 0.25) is 0 Å². The molecule has 8 aromatic heterocycles. The summed E-state index contributed by atoms with van der Waals surface area (Å²) in [5, 5.41) is 29.8. The first kappa shape index (κ1) is 63.9. The Hall–Kier alpha value is -15.0. The molecule has 0 saturated carbocycles. The summed E-state index contributed by atoms with van der Waals surface area (Å²) >= 11 is 1.88. The molecule has 18 aromatic carbocycles. The van der Waals surface area contributed by atoms with Crippen molar-refractivity contribution in [2.75, 3.05) is 0 Å². The van der Waals surface area contributed by atoms with Crippen molar-refractivity contribution in [3.63, 3.8) is 0 Å². The van der Waals surface area contributed by atoms with Gasteiger partial charge in [0.15, 0.2) is 0 Å². The van der Waals surface area contributed by atoms with Gasteiger partial charge in [-0.05, 0) is 190 Å². The van der Waals surface area contributed by atoms with Crippen LogP contribution in [-0.2, 0) is 0 Å². The van der Waals surface area contributed by atoms with Gasteiger partial charge in [-0.1, -0.05) is 255 Å². The largest absolute Gasteiger partial charge is 0.456 e. The molecule has 0 aliphatic rings. The van der Waals surface area contributed by atoms with Crippen molar-refractivity contribution >= 4 is 205 Å². The molecule has 8 heteroatoms. The van der Waals surface area contributed by atoms with Gasteiger partial charge >= 0.3 is 0 Å². The Kier molecular flexibility index (Phi) is 14.2. The van der Waals surface area contributed by atoms with E-state index in [-0.39, 0.29) is 0 Å². The van der Waals surface area contributed by atoms with Gasteiger partial charge < -0.3 is 13.4 Å². The maximum Gasteiger partial charge on any atom is 0.137 e. The number of rotatable bonds is 5. The van der Waals surface area contributed by atoms with Crippen LogP contribution in [0.15, 0.2) is 391 Å². The Morgan fingerprint density at radius 3 is 1.11 bits per heavy atom. The van der Waals surface area contributed by atoms with Gasteiger partial charge in [-0.2, -0.15) is 0 Å². The molecule has 0 fully saturated rings. The summed E-state index contributed by atoms with van der Waals surface area (Å²) in [4.78, 5) is 9.43. The van der Waals surface area contributed by atoms with Crippen LogP contribution in [-0.4, -0.2) is 23.7 Å². The minimum absolute atomic E-state index is 0.892. The molecular formula is C106H63N5O2S. The Morgan fingerprint density at radius 2 is 0.596 bits per heavy atom. The second kappa shape index (κ2) is 25.3. The molecule has 0 amide bonds. The lowest BCUT2D eigenvalue weighted by Gasteiger charge is -2.11. The first-order chi connectivity index (χ1) is 56.5. The minimum atomic E-state index is 0.892. The lowest BCUT2D eigenvalue weighted by molar-refractivity contribution is 0.669. The second-order valence-corrected chi connectivity index (χ2v) is 30.9. The van der Waals surface area contributed by atoms with Gasteiger partial charge in [0, 0.05) is 104 Å². The topological polar surface area (TPSA) is 66.8 Å². The Morgan fingerprint density at radius 1 is 0.202 bits per heavy atom. The molecule has 0 saturated heterocycles. The zero-order valence-corrected chi connectivity index (χ0v) is 62.2. The van der Waals surface area contributed by atoms with Gasteiger partial charge in [0.1, 0.15) is 34.0 Å². The zero-order valence-electron chi connectivity index (χ0n) is 61.3. The molecule has 0 aliphatic heterocycles. The van der Waals surface area contributed by atoms with Gasteiger partial charge in [-0.15, -0.1) is 11.3 Å². The lowest BCUT2D eigenvalue weighted by atomic mass is 9.97. The average Bonchev–Trinajstić information content (AvgIpc) is 1.56. The molecule has 7 nitrogen and oxygen atoms in total. The molecule has 0 bridgehead atoms. The van der Waals surface area contributed by atoms with Gasteiger partial charge in [-0.3, -0.25) is 9.13 Å². The van der Waals surface area contributed by atoms with E-state index in [9.17, 15) is 0 Å². The number of hydrogen-bond acceptors (Lipinski definition) is 5. The van der Waals surface area contributed by atoms with Crippen LogP contribution in [0.4, 0.5) is 0 Å². The van der Waals surface area contributed by atoms with E-state index in [1.54, 1.807) is 0 Å². The summed E-state index contributed by atoms with van der Waals surface area (Å²) in [6.45, 7) is 0. The van der Waals surface area contributed by atoms with Gasteiger partial charge in [0.05, 0.1) is 33.1 Å². The summed E-state index contributed by atoms with van der Waals surface area (Å²) in [5.74, 6) is 1.85. The van der Waals surface area contributed by atoms with Crippen LogP contribution < -0.4 is 0 Å². The molecule has 0 spiro atoms. The second-order valence-electron chi connectivity index (χ2n) is 29.8. The number of benzene rings is 18. The van der Waals surface area contributed by atoms with Crippen molar-refractivity contribution in [3.8, 4) is 39.6 Å². The number of nitrogens with zero attached hydrogens (tertiary/aromatic N) is 5. The first-order valence-corrected chi connectivity index (χ1v) is 39.5. The number of fused-ring (bicyclic) bond motifs is 30. The van der Waals surface area contributed by atoms with Crippen molar-refractivity contribution in [2.24, 2.45) is 0 Å². The smallest absolute Gasteiger partial charge is 0.137 e. The van der Waals surface area contributed by atoms with Crippen molar-refractivity contribution in [1.82, 2.24) is 23.7 Å². The van der Waals surface area contributed by atoms with E-state index in [0.29, 0.717) is 0 Å². The molecular weight excluding hydrogens is 1410 g/mol. The third-order valence-corrected chi connectivity index (χ3v) is 24.7. The minimum Gasteiger partial charge on any atom is -0.456 e. The third-order valence-electron chi connectivity index (χ3n) is 23.6. The number of aromatic nitrogens is 5. The molecule has 530 valence electrons. The summed E-state index contributed by atoms with van der Waals surface area (Å²) in [5.41, 5.74) is 16.6. The summed E-state index contributed by atoms with van der Waals surface area (Å²) < 4.78 is 22.6. The number of furan rings is 2. The molecule has 0 atom stereocenters. The fraction of sp³-hybridized carbons (Fsp3) is 0. The highest BCUT2D eigenvalue weighted by atomic mass is 32.1. The summed E-state index contributed by atoms with van der Waals surface area (Å²) in [6, 6.07) is 133. The molecule has 26 rings (SSSR count). The van der Waals surface area contributed by atoms with Gasteiger partial charge in [0.25, 0.3) is 0 Å². The molecule has 0 unspecified atom stereocenters. The van der Waals surface area contributed by atoms with E-state index in [4.69, 9.17) is 18.8 Å². The maximum absolute atomic E-state index is 6.59. The molecule has 0 aliphatic carbocycles. The normalized spacial score (nSPS) is 12.0. The molecule has 8 heterocycles. The Balaban J connectivity index is 0.000000100. The summed E-state index contributed by atoms with van der Waals surface area (Å²) in [6.07, 6.45) is 3.72. The molecule has 0 radical (unpaired) electrons. The lowest BCUT2D eigenvalue weighted by Crippen LogP contribution is -1.96. The fourth-order valence-corrected chi connectivity index (χ4v) is 19.7. The van der Waals surface area contributed by atoms with E-state index in [1.807, 2.05) is 41.9 Å².